The monoisotopic (exact) mass is 298 g/mol. The number of carboxylic acids is 1. The zero-order chi connectivity index (χ0) is 16.0. The second kappa shape index (κ2) is 7.32. The van der Waals surface area contributed by atoms with E-state index >= 15 is 0 Å². The highest BCUT2D eigenvalue weighted by Crippen LogP contribution is 2.14. The topological polar surface area (TPSA) is 109 Å². The number of nitrogens with one attached hydrogen (secondary N) is 1. The van der Waals surface area contributed by atoms with Crippen molar-refractivity contribution in [1.29, 1.82) is 0 Å². The van der Waals surface area contributed by atoms with Crippen molar-refractivity contribution in [3.63, 3.8) is 0 Å². The van der Waals surface area contributed by atoms with Gasteiger partial charge in [-0.15, -0.1) is 0 Å². The Morgan fingerprint density at radius 2 is 2.10 bits per heavy atom. The highest BCUT2D eigenvalue weighted by molar-refractivity contribution is 5.88. The van der Waals surface area contributed by atoms with Crippen molar-refractivity contribution in [2.24, 2.45) is 0 Å². The first kappa shape index (κ1) is 16.5. The molecule has 0 bridgehead atoms. The van der Waals surface area contributed by atoms with Crippen LogP contribution in [0.5, 0.6) is 0 Å². The summed E-state index contributed by atoms with van der Waals surface area (Å²) >= 11 is 0. The molecule has 1 aromatic rings. The number of aromatic carboxylic acids is 1. The molecule has 0 aliphatic rings. The van der Waals surface area contributed by atoms with E-state index in [-0.39, 0.29) is 24.4 Å². The molecule has 21 heavy (non-hydrogen) atoms. The summed E-state index contributed by atoms with van der Waals surface area (Å²) in [4.78, 5) is 35.2. The molecule has 116 valence electrons. The number of carboxylic acid groups (broad SMARTS) is 1. The van der Waals surface area contributed by atoms with E-state index in [1.165, 1.54) is 25.0 Å². The zero-order valence-electron chi connectivity index (χ0n) is 12.1. The van der Waals surface area contributed by atoms with Crippen LogP contribution in [0.25, 0.3) is 0 Å². The number of esters is 1. The molecule has 8 nitrogen and oxygen atoms in total. The van der Waals surface area contributed by atoms with E-state index < -0.39 is 18.0 Å². The maximum absolute atomic E-state index is 11.9. The van der Waals surface area contributed by atoms with E-state index in [0.717, 1.165) is 0 Å². The molecule has 0 saturated heterocycles. The Labute approximate surface area is 121 Å². The quantitative estimate of drug-likeness (QED) is 0.758. The van der Waals surface area contributed by atoms with Crippen molar-refractivity contribution in [2.75, 3.05) is 20.2 Å². The Hall–Kier alpha value is -2.51. The Morgan fingerprint density at radius 3 is 2.57 bits per heavy atom. The summed E-state index contributed by atoms with van der Waals surface area (Å²) in [6.07, 6.45) is 0. The van der Waals surface area contributed by atoms with Crippen LogP contribution in [-0.4, -0.2) is 48.2 Å². The third-order valence-electron chi connectivity index (χ3n) is 2.83. The molecule has 0 unspecified atom stereocenters. The first-order chi connectivity index (χ1) is 9.88. The van der Waals surface area contributed by atoms with Gasteiger partial charge >= 0.3 is 18.0 Å². The van der Waals surface area contributed by atoms with Crippen molar-refractivity contribution >= 4 is 18.0 Å². The van der Waals surface area contributed by atoms with Crippen molar-refractivity contribution in [3.05, 3.63) is 23.2 Å². The second-order valence-corrected chi connectivity index (χ2v) is 4.24. The fourth-order valence-electron chi connectivity index (χ4n) is 1.67. The summed E-state index contributed by atoms with van der Waals surface area (Å²) in [6, 6.07) is 0.892. The molecule has 0 atom stereocenters. The van der Waals surface area contributed by atoms with Crippen molar-refractivity contribution in [2.45, 2.75) is 20.4 Å². The van der Waals surface area contributed by atoms with Gasteiger partial charge in [0, 0.05) is 6.54 Å². The molecule has 0 spiro atoms. The average Bonchev–Trinajstić information content (AvgIpc) is 2.83. The molecule has 2 amide bonds. The number of amides is 2. The highest BCUT2D eigenvalue weighted by atomic mass is 16.5. The Kier molecular flexibility index (Phi) is 5.77. The minimum atomic E-state index is -1.09. The number of urea groups is 1. The van der Waals surface area contributed by atoms with Crippen LogP contribution >= 0.6 is 0 Å². The number of rotatable bonds is 6. The van der Waals surface area contributed by atoms with Crippen LogP contribution < -0.4 is 5.32 Å². The van der Waals surface area contributed by atoms with Gasteiger partial charge in [-0.05, 0) is 19.9 Å². The van der Waals surface area contributed by atoms with E-state index in [2.05, 4.69) is 10.1 Å². The lowest BCUT2D eigenvalue weighted by atomic mass is 10.2. The first-order valence-corrected chi connectivity index (χ1v) is 6.31. The van der Waals surface area contributed by atoms with Crippen LogP contribution in [0, 0.1) is 6.92 Å². The largest absolute Gasteiger partial charge is 0.478 e. The third kappa shape index (κ3) is 4.51. The number of nitrogens with zero attached hydrogens (tertiary/aromatic N) is 1. The van der Waals surface area contributed by atoms with Gasteiger partial charge in [-0.1, -0.05) is 0 Å². The molecule has 1 heterocycles. The molecule has 1 rings (SSSR count). The molecule has 8 heteroatoms. The lowest BCUT2D eigenvalue weighted by Gasteiger charge is -2.19. The number of methoxy groups -OCH3 is 1. The van der Waals surface area contributed by atoms with Crippen molar-refractivity contribution in [1.82, 2.24) is 10.2 Å². The summed E-state index contributed by atoms with van der Waals surface area (Å²) in [7, 11) is 1.24. The number of hydrogen-bond acceptors (Lipinski definition) is 5. The van der Waals surface area contributed by atoms with Crippen LogP contribution in [0.2, 0.25) is 0 Å². The Bertz CT molecular complexity index is 537. The average molecular weight is 298 g/mol. The van der Waals surface area contributed by atoms with Crippen LogP contribution in [-0.2, 0) is 16.1 Å². The van der Waals surface area contributed by atoms with E-state index in [1.807, 2.05) is 0 Å². The number of ether oxygens (including phenoxy) is 1. The van der Waals surface area contributed by atoms with Crippen molar-refractivity contribution in [3.8, 4) is 0 Å². The molecule has 0 aliphatic heterocycles. The maximum Gasteiger partial charge on any atom is 0.339 e. The zero-order valence-corrected chi connectivity index (χ0v) is 12.1. The molecule has 0 saturated carbocycles. The maximum atomic E-state index is 11.9. The number of aryl methyl sites for hydroxylation is 1. The van der Waals surface area contributed by atoms with E-state index in [4.69, 9.17) is 9.52 Å². The summed E-state index contributed by atoms with van der Waals surface area (Å²) in [5, 5.41) is 11.5. The number of likely N-dealkylation sites (N-methyl/N-ethyl adjacent to an activating group) is 1. The molecular weight excluding hydrogens is 280 g/mol. The molecule has 0 radical (unpaired) electrons. The van der Waals surface area contributed by atoms with E-state index in [1.54, 1.807) is 6.92 Å². The Morgan fingerprint density at radius 1 is 1.43 bits per heavy atom. The predicted octanol–water partition coefficient (Wildman–Crippen LogP) is 0.991. The van der Waals surface area contributed by atoms with Gasteiger partial charge < -0.3 is 24.5 Å². The van der Waals surface area contributed by atoms with Gasteiger partial charge in [-0.2, -0.15) is 0 Å². The second-order valence-electron chi connectivity index (χ2n) is 4.24. The lowest BCUT2D eigenvalue weighted by Crippen LogP contribution is -2.42. The number of hydrogen-bond donors (Lipinski definition) is 2. The standard InChI is InChI=1S/C13H18N2O6/c1-4-15(7-11(16)20-3)13(19)14-6-9-5-10(12(17)18)8(2)21-9/h5H,4,6-7H2,1-3H3,(H,14,19)(H,17,18). The Balaban J connectivity index is 2.61. The lowest BCUT2D eigenvalue weighted by molar-refractivity contribution is -0.141. The third-order valence-corrected chi connectivity index (χ3v) is 2.83. The first-order valence-electron chi connectivity index (χ1n) is 6.31. The van der Waals surface area contributed by atoms with Crippen LogP contribution in [0.15, 0.2) is 10.5 Å². The summed E-state index contributed by atoms with van der Waals surface area (Å²) in [5.41, 5.74) is 0.0566. The number of carbonyl (C=O) groups is 3. The minimum Gasteiger partial charge on any atom is -0.478 e. The van der Waals surface area contributed by atoms with Gasteiger partial charge in [-0.3, -0.25) is 4.79 Å². The van der Waals surface area contributed by atoms with Crippen LogP contribution in [0.4, 0.5) is 4.79 Å². The molecule has 0 aliphatic carbocycles. The predicted molar refractivity (Wildman–Crippen MR) is 71.9 cm³/mol. The SMILES string of the molecule is CCN(CC(=O)OC)C(=O)NCc1cc(C(=O)O)c(C)o1. The van der Waals surface area contributed by atoms with E-state index in [0.29, 0.717) is 12.3 Å². The van der Waals surface area contributed by atoms with Gasteiger partial charge in [0.1, 0.15) is 23.6 Å². The normalized spacial score (nSPS) is 10.0. The van der Waals surface area contributed by atoms with Gasteiger partial charge in [0.05, 0.1) is 13.7 Å². The summed E-state index contributed by atoms with van der Waals surface area (Å²) in [5.74, 6) is -1.01. The number of carbonyl (C=O) groups excluding carboxylic acids is 2. The molecular formula is C13H18N2O6. The smallest absolute Gasteiger partial charge is 0.339 e. The fraction of sp³-hybridized carbons (Fsp3) is 0.462. The molecule has 1 aromatic heterocycles. The van der Waals surface area contributed by atoms with Crippen LogP contribution in [0.3, 0.4) is 0 Å². The summed E-state index contributed by atoms with van der Waals surface area (Å²) in [6.45, 7) is 3.46. The minimum absolute atomic E-state index is 0.0324. The van der Waals surface area contributed by atoms with E-state index in [9.17, 15) is 14.4 Å². The van der Waals surface area contributed by atoms with Gasteiger partial charge in [0.2, 0.25) is 0 Å². The molecule has 0 fully saturated rings. The summed E-state index contributed by atoms with van der Waals surface area (Å²) < 4.78 is 9.73. The van der Waals surface area contributed by atoms with Gasteiger partial charge in [0.15, 0.2) is 0 Å². The molecule has 2 N–H and O–H groups in total. The van der Waals surface area contributed by atoms with Crippen molar-refractivity contribution < 1.29 is 28.6 Å². The number of furan rings is 1. The van der Waals surface area contributed by atoms with Gasteiger partial charge in [-0.25, -0.2) is 9.59 Å². The highest BCUT2D eigenvalue weighted by Gasteiger charge is 2.17. The fourth-order valence-corrected chi connectivity index (χ4v) is 1.67. The molecule has 0 aromatic carbocycles. The van der Waals surface area contributed by atoms with Crippen LogP contribution in [0.1, 0.15) is 28.8 Å². The van der Waals surface area contributed by atoms with Gasteiger partial charge in [0.25, 0.3) is 0 Å².